The van der Waals surface area contributed by atoms with Crippen LogP contribution in [0, 0.1) is 5.92 Å². The normalized spacial score (nSPS) is 13.7. The molecule has 1 atom stereocenters. The first-order chi connectivity index (χ1) is 7.33. The van der Waals surface area contributed by atoms with Crippen LogP contribution in [0.1, 0.15) is 25.8 Å². The molecule has 0 N–H and O–H groups in total. The van der Waals surface area contributed by atoms with E-state index in [9.17, 15) is 0 Å². The summed E-state index contributed by atoms with van der Waals surface area (Å²) in [6.45, 7) is 4.27. The largest absolute Gasteiger partial charge is 0.0911 e. The van der Waals surface area contributed by atoms with E-state index >= 15 is 0 Å². The first kappa shape index (κ1) is 11.8. The maximum Gasteiger partial charge on any atom is -0.00820 e. The van der Waals surface area contributed by atoms with Crippen molar-refractivity contribution >= 4 is 0 Å². The SMILES string of the molecule is C/C=C/C(C)/C=C/CCc1ccccc1. The van der Waals surface area contributed by atoms with Gasteiger partial charge in [0.2, 0.25) is 0 Å². The fourth-order valence-electron chi connectivity index (χ4n) is 1.57. The summed E-state index contributed by atoms with van der Waals surface area (Å²) in [4.78, 5) is 0. The molecule has 0 aromatic heterocycles. The number of rotatable bonds is 5. The second-order valence-corrected chi connectivity index (χ2v) is 3.84. The Bertz CT molecular complexity index is 306. The number of hydrogen-bond acceptors (Lipinski definition) is 0. The van der Waals surface area contributed by atoms with Gasteiger partial charge in [-0.25, -0.2) is 0 Å². The minimum absolute atomic E-state index is 0.561. The van der Waals surface area contributed by atoms with E-state index < -0.39 is 0 Å². The Morgan fingerprint density at radius 2 is 1.87 bits per heavy atom. The molecule has 0 fully saturated rings. The molecule has 1 aromatic rings. The summed E-state index contributed by atoms with van der Waals surface area (Å²) in [5.41, 5.74) is 1.42. The lowest BCUT2D eigenvalue weighted by Gasteiger charge is -1.98. The lowest BCUT2D eigenvalue weighted by Crippen LogP contribution is -1.84. The van der Waals surface area contributed by atoms with Crippen molar-refractivity contribution in [2.45, 2.75) is 26.7 Å². The highest BCUT2D eigenvalue weighted by Crippen LogP contribution is 2.05. The average molecular weight is 200 g/mol. The fraction of sp³-hybridized carbons (Fsp3) is 0.333. The second kappa shape index (κ2) is 7.05. The third-order valence-corrected chi connectivity index (χ3v) is 2.38. The van der Waals surface area contributed by atoms with Crippen LogP contribution in [-0.4, -0.2) is 0 Å². The minimum Gasteiger partial charge on any atom is -0.0911 e. The molecule has 0 heteroatoms. The molecule has 0 aliphatic rings. The Morgan fingerprint density at radius 1 is 1.13 bits per heavy atom. The van der Waals surface area contributed by atoms with Gasteiger partial charge in [-0.1, -0.05) is 61.6 Å². The second-order valence-electron chi connectivity index (χ2n) is 3.84. The minimum atomic E-state index is 0.561. The molecule has 0 radical (unpaired) electrons. The molecule has 0 amide bonds. The van der Waals surface area contributed by atoms with Gasteiger partial charge >= 0.3 is 0 Å². The predicted molar refractivity (Wildman–Crippen MR) is 67.9 cm³/mol. The van der Waals surface area contributed by atoms with Crippen LogP contribution in [0.5, 0.6) is 0 Å². The van der Waals surface area contributed by atoms with Gasteiger partial charge in [0.1, 0.15) is 0 Å². The molecule has 80 valence electrons. The molecular formula is C15H20. The Labute approximate surface area is 93.3 Å². The molecule has 0 aliphatic carbocycles. The van der Waals surface area contributed by atoms with Crippen LogP contribution in [-0.2, 0) is 6.42 Å². The van der Waals surface area contributed by atoms with Crippen LogP contribution < -0.4 is 0 Å². The van der Waals surface area contributed by atoms with E-state index in [1.807, 2.05) is 0 Å². The quantitative estimate of drug-likeness (QED) is 0.618. The van der Waals surface area contributed by atoms with E-state index in [2.05, 4.69) is 68.5 Å². The zero-order chi connectivity index (χ0) is 10.9. The Hall–Kier alpha value is -1.30. The van der Waals surface area contributed by atoms with Gasteiger partial charge in [0.25, 0.3) is 0 Å². The third-order valence-electron chi connectivity index (χ3n) is 2.38. The molecule has 0 saturated heterocycles. The van der Waals surface area contributed by atoms with E-state index in [0.29, 0.717) is 5.92 Å². The Balaban J connectivity index is 2.27. The van der Waals surface area contributed by atoms with Gasteiger partial charge in [0.15, 0.2) is 0 Å². The zero-order valence-corrected chi connectivity index (χ0v) is 9.69. The van der Waals surface area contributed by atoms with E-state index in [4.69, 9.17) is 0 Å². The van der Waals surface area contributed by atoms with Gasteiger partial charge < -0.3 is 0 Å². The molecule has 0 heterocycles. The third kappa shape index (κ3) is 5.21. The lowest BCUT2D eigenvalue weighted by atomic mass is 10.1. The molecule has 1 unspecified atom stereocenters. The van der Waals surface area contributed by atoms with Crippen LogP contribution >= 0.6 is 0 Å². The summed E-state index contributed by atoms with van der Waals surface area (Å²) >= 11 is 0. The van der Waals surface area contributed by atoms with Gasteiger partial charge in [-0.3, -0.25) is 0 Å². The van der Waals surface area contributed by atoms with E-state index in [-0.39, 0.29) is 0 Å². The summed E-state index contributed by atoms with van der Waals surface area (Å²) < 4.78 is 0. The molecular weight excluding hydrogens is 180 g/mol. The standard InChI is InChI=1S/C15H20/c1-3-9-14(2)10-7-8-13-15-11-5-4-6-12-15/h3-7,9-12,14H,8,13H2,1-2H3/b9-3+,10-7+. The van der Waals surface area contributed by atoms with Gasteiger partial charge in [0.05, 0.1) is 0 Å². The van der Waals surface area contributed by atoms with Crippen LogP contribution in [0.15, 0.2) is 54.6 Å². The topological polar surface area (TPSA) is 0 Å². The van der Waals surface area contributed by atoms with Crippen molar-refractivity contribution in [3.8, 4) is 0 Å². The maximum absolute atomic E-state index is 2.28. The summed E-state index contributed by atoms with van der Waals surface area (Å²) in [5, 5.41) is 0. The van der Waals surface area contributed by atoms with Crippen molar-refractivity contribution in [2.24, 2.45) is 5.92 Å². The van der Waals surface area contributed by atoms with Crippen molar-refractivity contribution in [1.82, 2.24) is 0 Å². The highest BCUT2D eigenvalue weighted by molar-refractivity contribution is 5.15. The number of allylic oxidation sites excluding steroid dienone is 4. The van der Waals surface area contributed by atoms with E-state index in [1.165, 1.54) is 5.56 Å². The van der Waals surface area contributed by atoms with Crippen LogP contribution in [0.2, 0.25) is 0 Å². The van der Waals surface area contributed by atoms with Crippen molar-refractivity contribution in [2.75, 3.05) is 0 Å². The van der Waals surface area contributed by atoms with Crippen molar-refractivity contribution in [1.29, 1.82) is 0 Å². The average Bonchev–Trinajstić information content (AvgIpc) is 2.26. The highest BCUT2D eigenvalue weighted by Gasteiger charge is 1.90. The molecule has 0 bridgehead atoms. The van der Waals surface area contributed by atoms with E-state index in [0.717, 1.165) is 12.8 Å². The molecule has 0 spiro atoms. The van der Waals surface area contributed by atoms with E-state index in [1.54, 1.807) is 0 Å². The molecule has 0 aliphatic heterocycles. The summed E-state index contributed by atoms with van der Waals surface area (Å²) in [5.74, 6) is 0.561. The first-order valence-electron chi connectivity index (χ1n) is 5.66. The highest BCUT2D eigenvalue weighted by atomic mass is 14.0. The molecule has 0 saturated carbocycles. The molecule has 15 heavy (non-hydrogen) atoms. The number of benzene rings is 1. The lowest BCUT2D eigenvalue weighted by molar-refractivity contribution is 0.912. The van der Waals surface area contributed by atoms with Crippen molar-refractivity contribution < 1.29 is 0 Å². The first-order valence-corrected chi connectivity index (χ1v) is 5.66. The van der Waals surface area contributed by atoms with Crippen molar-refractivity contribution in [3.05, 3.63) is 60.2 Å². The van der Waals surface area contributed by atoms with Crippen LogP contribution in [0.4, 0.5) is 0 Å². The Morgan fingerprint density at radius 3 is 2.53 bits per heavy atom. The van der Waals surface area contributed by atoms with Gasteiger partial charge in [0, 0.05) is 0 Å². The summed E-state index contributed by atoms with van der Waals surface area (Å²) in [6.07, 6.45) is 11.1. The monoisotopic (exact) mass is 200 g/mol. The van der Waals surface area contributed by atoms with Crippen LogP contribution in [0.3, 0.4) is 0 Å². The van der Waals surface area contributed by atoms with Gasteiger partial charge in [-0.05, 0) is 31.2 Å². The summed E-state index contributed by atoms with van der Waals surface area (Å²) in [6, 6.07) is 10.6. The molecule has 1 aromatic carbocycles. The molecule has 0 nitrogen and oxygen atoms in total. The molecule has 1 rings (SSSR count). The van der Waals surface area contributed by atoms with Crippen molar-refractivity contribution in [3.63, 3.8) is 0 Å². The number of hydrogen-bond donors (Lipinski definition) is 0. The summed E-state index contributed by atoms with van der Waals surface area (Å²) in [7, 11) is 0. The fourth-order valence-corrected chi connectivity index (χ4v) is 1.57. The predicted octanol–water partition coefficient (Wildman–Crippen LogP) is 4.39. The smallest absolute Gasteiger partial charge is 0.00820 e. The van der Waals surface area contributed by atoms with Gasteiger partial charge in [-0.2, -0.15) is 0 Å². The zero-order valence-electron chi connectivity index (χ0n) is 9.69. The maximum atomic E-state index is 2.28. The van der Waals surface area contributed by atoms with Crippen LogP contribution in [0.25, 0.3) is 0 Å². The van der Waals surface area contributed by atoms with Gasteiger partial charge in [-0.15, -0.1) is 0 Å². The Kier molecular flexibility index (Phi) is 5.54. The number of aryl methyl sites for hydroxylation is 1.